The van der Waals surface area contributed by atoms with Crippen molar-refractivity contribution >= 4 is 17.9 Å². The molecule has 0 bridgehead atoms. The number of esters is 2. The number of quaternary nitrogens is 1. The second-order valence-corrected chi connectivity index (χ2v) is 22.3. The van der Waals surface area contributed by atoms with Crippen molar-refractivity contribution < 1.29 is 42.9 Å². The molecule has 0 aliphatic rings. The maximum atomic E-state index is 12.9. The van der Waals surface area contributed by atoms with Gasteiger partial charge in [-0.1, -0.05) is 272 Å². The van der Waals surface area contributed by atoms with E-state index >= 15 is 0 Å². The molecule has 448 valence electrons. The first-order chi connectivity index (χ1) is 38.1. The molecule has 0 aromatic rings. The molecular weight excluding hydrogens is 971 g/mol. The number of ether oxygens (including phenoxy) is 4. The first-order valence-electron chi connectivity index (χ1n) is 31.9. The predicted molar refractivity (Wildman–Crippen MR) is 329 cm³/mol. The minimum absolute atomic E-state index is 0.146. The third kappa shape index (κ3) is 59.9. The summed E-state index contributed by atoms with van der Waals surface area (Å²) in [4.78, 5) is 37.3. The number of hydrogen-bond acceptors (Lipinski definition) is 8. The Morgan fingerprint density at radius 1 is 0.397 bits per heavy atom. The third-order valence-corrected chi connectivity index (χ3v) is 13.6. The molecule has 0 saturated carbocycles. The van der Waals surface area contributed by atoms with Crippen LogP contribution in [0.4, 0.5) is 0 Å². The Morgan fingerprint density at radius 3 is 1.09 bits per heavy atom. The fourth-order valence-electron chi connectivity index (χ4n) is 8.73. The molecule has 0 aromatic heterocycles. The van der Waals surface area contributed by atoms with Gasteiger partial charge in [0.2, 0.25) is 0 Å². The van der Waals surface area contributed by atoms with Crippen LogP contribution in [-0.4, -0.2) is 82.3 Å². The van der Waals surface area contributed by atoms with Crippen LogP contribution in [0.5, 0.6) is 0 Å². The van der Waals surface area contributed by atoms with E-state index in [1.165, 1.54) is 141 Å². The van der Waals surface area contributed by atoms with Crippen LogP contribution < -0.4 is 5.11 Å². The molecule has 0 rings (SSSR count). The van der Waals surface area contributed by atoms with Gasteiger partial charge in [0.25, 0.3) is 0 Å². The van der Waals surface area contributed by atoms with Crippen LogP contribution in [-0.2, 0) is 33.3 Å². The highest BCUT2D eigenvalue weighted by molar-refractivity contribution is 5.70. The Bertz CT molecular complexity index is 1600. The van der Waals surface area contributed by atoms with E-state index in [2.05, 4.69) is 111 Å². The largest absolute Gasteiger partial charge is 0.545 e. The average Bonchev–Trinajstić information content (AvgIpc) is 3.41. The number of rotatable bonds is 58. The summed E-state index contributed by atoms with van der Waals surface area (Å²) in [6.07, 6.45) is 77.6. The monoisotopic (exact) mass is 1090 g/mol. The van der Waals surface area contributed by atoms with Crippen LogP contribution in [0, 0.1) is 0 Å². The number of carbonyl (C=O) groups excluding carboxylic acids is 3. The van der Waals surface area contributed by atoms with E-state index in [9.17, 15) is 19.5 Å². The summed E-state index contributed by atoms with van der Waals surface area (Å²) < 4.78 is 22.7. The van der Waals surface area contributed by atoms with E-state index in [4.69, 9.17) is 18.9 Å². The van der Waals surface area contributed by atoms with Crippen molar-refractivity contribution in [2.45, 2.75) is 277 Å². The molecule has 0 radical (unpaired) electrons. The number of likely N-dealkylation sites (N-methyl/N-ethyl adjacent to an activating group) is 1. The topological polar surface area (TPSA) is 111 Å². The van der Waals surface area contributed by atoms with Gasteiger partial charge in [0.1, 0.15) is 13.2 Å². The van der Waals surface area contributed by atoms with E-state index in [0.717, 1.165) is 89.9 Å². The van der Waals surface area contributed by atoms with Gasteiger partial charge < -0.3 is 33.3 Å². The lowest BCUT2D eigenvalue weighted by Crippen LogP contribution is -2.44. The maximum absolute atomic E-state index is 12.9. The first kappa shape index (κ1) is 74.2. The highest BCUT2D eigenvalue weighted by Crippen LogP contribution is 2.17. The maximum Gasteiger partial charge on any atom is 0.306 e. The van der Waals surface area contributed by atoms with E-state index in [1.807, 2.05) is 21.1 Å². The second kappa shape index (κ2) is 59.3. The molecule has 0 aliphatic heterocycles. The van der Waals surface area contributed by atoms with Gasteiger partial charge in [-0.3, -0.25) is 9.59 Å². The zero-order valence-electron chi connectivity index (χ0n) is 51.0. The van der Waals surface area contributed by atoms with Crippen LogP contribution in [0.2, 0.25) is 0 Å². The smallest absolute Gasteiger partial charge is 0.306 e. The fourth-order valence-corrected chi connectivity index (χ4v) is 8.73. The van der Waals surface area contributed by atoms with Crippen molar-refractivity contribution in [1.82, 2.24) is 0 Å². The summed E-state index contributed by atoms with van der Waals surface area (Å²) in [5.74, 6) is -2.28. The number of nitrogens with zero attached hydrogens (tertiary/aromatic N) is 1. The zero-order chi connectivity index (χ0) is 56.9. The molecule has 2 atom stereocenters. The highest BCUT2D eigenvalue weighted by atomic mass is 16.7. The van der Waals surface area contributed by atoms with E-state index < -0.39 is 24.3 Å². The summed E-state index contributed by atoms with van der Waals surface area (Å²) >= 11 is 0. The van der Waals surface area contributed by atoms with Gasteiger partial charge in [-0.2, -0.15) is 0 Å². The lowest BCUT2D eigenvalue weighted by Gasteiger charge is -2.26. The minimum atomic E-state index is -1.62. The van der Waals surface area contributed by atoms with Crippen LogP contribution in [0.1, 0.15) is 264 Å². The molecule has 0 fully saturated rings. The summed E-state index contributed by atoms with van der Waals surface area (Å²) in [6, 6.07) is 0. The molecule has 0 saturated heterocycles. The van der Waals surface area contributed by atoms with E-state index in [-0.39, 0.29) is 32.2 Å². The molecule has 9 nitrogen and oxygen atoms in total. The van der Waals surface area contributed by atoms with Crippen LogP contribution in [0.25, 0.3) is 0 Å². The third-order valence-electron chi connectivity index (χ3n) is 13.6. The number of carboxylic acid groups (broad SMARTS) is 1. The number of unbranched alkanes of at least 4 members (excludes halogenated alkanes) is 27. The van der Waals surface area contributed by atoms with Crippen LogP contribution in [0.3, 0.4) is 0 Å². The molecule has 0 spiro atoms. The molecule has 0 aromatic carbocycles. The van der Waals surface area contributed by atoms with Crippen molar-refractivity contribution in [3.63, 3.8) is 0 Å². The molecule has 0 heterocycles. The molecule has 0 N–H and O–H groups in total. The molecule has 9 heteroatoms. The Hall–Kier alpha value is -3.79. The average molecular weight is 1090 g/mol. The quantitative estimate of drug-likeness (QED) is 0.0195. The van der Waals surface area contributed by atoms with Gasteiger partial charge in [0.15, 0.2) is 12.4 Å². The zero-order valence-corrected chi connectivity index (χ0v) is 51.0. The van der Waals surface area contributed by atoms with Gasteiger partial charge in [-0.15, -0.1) is 0 Å². The van der Waals surface area contributed by atoms with E-state index in [1.54, 1.807) is 0 Å². The van der Waals surface area contributed by atoms with Crippen molar-refractivity contribution in [2.24, 2.45) is 0 Å². The second-order valence-electron chi connectivity index (χ2n) is 22.3. The Morgan fingerprint density at radius 2 is 0.731 bits per heavy atom. The van der Waals surface area contributed by atoms with Crippen molar-refractivity contribution in [3.05, 3.63) is 97.2 Å². The molecule has 0 amide bonds. The summed E-state index contributed by atoms with van der Waals surface area (Å²) in [5.41, 5.74) is 0. The molecule has 78 heavy (non-hydrogen) atoms. The molecule has 0 aliphatic carbocycles. The summed E-state index contributed by atoms with van der Waals surface area (Å²) in [7, 11) is 5.92. The predicted octanol–water partition coefficient (Wildman–Crippen LogP) is 18.0. The number of hydrogen-bond donors (Lipinski definition) is 0. The fraction of sp³-hybridized carbons (Fsp3) is 0.725. The summed E-state index contributed by atoms with van der Waals surface area (Å²) in [5, 5.41) is 11.8. The Kier molecular flexibility index (Phi) is 56.5. The number of aliphatic carboxylic acids is 1. The number of carboxylic acids is 1. The minimum Gasteiger partial charge on any atom is -0.545 e. The lowest BCUT2D eigenvalue weighted by molar-refractivity contribution is -0.870. The Labute approximate surface area is 480 Å². The van der Waals surface area contributed by atoms with Gasteiger partial charge in [0, 0.05) is 12.8 Å². The van der Waals surface area contributed by atoms with E-state index in [0.29, 0.717) is 23.9 Å². The first-order valence-corrected chi connectivity index (χ1v) is 31.9. The normalized spacial score (nSPS) is 13.4. The van der Waals surface area contributed by atoms with Crippen molar-refractivity contribution in [2.75, 3.05) is 47.5 Å². The van der Waals surface area contributed by atoms with Crippen LogP contribution in [0.15, 0.2) is 97.2 Å². The van der Waals surface area contributed by atoms with Gasteiger partial charge in [-0.05, 0) is 77.0 Å². The number of carbonyl (C=O) groups is 3. The molecular formula is C69H119NO8. The van der Waals surface area contributed by atoms with Gasteiger partial charge >= 0.3 is 11.9 Å². The SMILES string of the molecule is CC/C=C\C/C=C\C/C=C\C/C=C\C/C=C\C/C=C\C/C=C\C/C=C\CCCCCCCCCCCCCCCCC(=O)OC(COC(=O)CCCCCCCCCCCCCCCC)COC(OCC[N+](C)(C)C)C(=O)[O-]. The van der Waals surface area contributed by atoms with Gasteiger partial charge in [0.05, 0.1) is 40.3 Å². The lowest BCUT2D eigenvalue weighted by atomic mass is 10.0. The Balaban J connectivity index is 4.07. The standard InChI is InChI=1S/C69H119NO8/c1-6-8-10-12-14-16-18-20-22-23-24-25-26-27-28-29-30-31-32-33-34-35-36-37-38-39-40-41-42-43-44-45-46-48-50-52-54-56-58-60-67(72)78-65(64-77-69(68(73)74)75-62-61-70(3,4)5)63-76-66(71)59-57-55-53-51-49-47-21-19-17-15-13-11-9-7-2/h8,10,14,16,20,22,24-25,27-28,30-31,33-34,36-37,65,69H,6-7,9,11-13,15,17-19,21,23,26,29,32,35,38-64H2,1-5H3/b10-8-,16-14-,22-20-,25-24-,28-27-,31-30-,34-33-,37-36-. The van der Waals surface area contributed by atoms with Crippen molar-refractivity contribution in [3.8, 4) is 0 Å². The highest BCUT2D eigenvalue weighted by Gasteiger charge is 2.22. The number of allylic oxidation sites excluding steroid dienone is 16. The van der Waals surface area contributed by atoms with Gasteiger partial charge in [-0.25, -0.2) is 0 Å². The van der Waals surface area contributed by atoms with Crippen LogP contribution >= 0.6 is 0 Å². The summed E-state index contributed by atoms with van der Waals surface area (Å²) in [6.45, 7) is 4.65. The van der Waals surface area contributed by atoms with Crippen molar-refractivity contribution in [1.29, 1.82) is 0 Å². The molecule has 2 unspecified atom stereocenters.